The van der Waals surface area contributed by atoms with Crippen LogP contribution in [-0.2, 0) is 4.79 Å². The summed E-state index contributed by atoms with van der Waals surface area (Å²) in [6.45, 7) is 5.66. The number of ether oxygens (including phenoxy) is 1. The number of amides is 1. The number of rotatable bonds is 4. The number of fused-ring (bicyclic) bond motifs is 1. The molecule has 0 unspecified atom stereocenters. The van der Waals surface area contributed by atoms with Gasteiger partial charge in [-0.25, -0.2) is 0 Å². The molecule has 0 radical (unpaired) electrons. The lowest BCUT2D eigenvalue weighted by atomic mass is 9.89. The van der Waals surface area contributed by atoms with Crippen molar-refractivity contribution in [1.82, 2.24) is 15.1 Å². The van der Waals surface area contributed by atoms with Crippen molar-refractivity contribution in [3.63, 3.8) is 0 Å². The molecular formula is C20H29N3O2. The fourth-order valence-corrected chi connectivity index (χ4v) is 4.80. The van der Waals surface area contributed by atoms with E-state index in [0.29, 0.717) is 24.3 Å². The fourth-order valence-electron chi connectivity index (χ4n) is 4.80. The molecule has 1 aromatic carbocycles. The van der Waals surface area contributed by atoms with Crippen LogP contribution >= 0.6 is 0 Å². The highest BCUT2D eigenvalue weighted by molar-refractivity contribution is 5.79. The summed E-state index contributed by atoms with van der Waals surface area (Å²) in [5, 5.41) is 3.51. The van der Waals surface area contributed by atoms with E-state index in [9.17, 15) is 4.79 Å². The molecule has 3 aliphatic heterocycles. The highest BCUT2D eigenvalue weighted by Crippen LogP contribution is 2.43. The Labute approximate surface area is 150 Å². The smallest absolute Gasteiger partial charge is 0.237 e. The van der Waals surface area contributed by atoms with Crippen LogP contribution in [0.3, 0.4) is 0 Å². The molecule has 1 amide bonds. The van der Waals surface area contributed by atoms with Gasteiger partial charge in [0.2, 0.25) is 5.91 Å². The van der Waals surface area contributed by atoms with Crippen molar-refractivity contribution >= 4 is 5.91 Å². The summed E-state index contributed by atoms with van der Waals surface area (Å²) in [5.74, 6) is 2.28. The summed E-state index contributed by atoms with van der Waals surface area (Å²) >= 11 is 0. The van der Waals surface area contributed by atoms with Gasteiger partial charge >= 0.3 is 0 Å². The first-order chi connectivity index (χ1) is 12.3. The van der Waals surface area contributed by atoms with Crippen molar-refractivity contribution in [2.75, 3.05) is 46.4 Å². The van der Waals surface area contributed by atoms with E-state index in [4.69, 9.17) is 4.74 Å². The van der Waals surface area contributed by atoms with Crippen LogP contribution in [0.25, 0.3) is 0 Å². The fraction of sp³-hybridized carbons (Fsp3) is 0.650. The molecule has 0 aromatic heterocycles. The maximum Gasteiger partial charge on any atom is 0.237 e. The van der Waals surface area contributed by atoms with Crippen LogP contribution in [0.4, 0.5) is 0 Å². The number of nitrogens with one attached hydrogen (secondary N) is 1. The third-order valence-corrected chi connectivity index (χ3v) is 6.15. The topological polar surface area (TPSA) is 44.8 Å². The molecule has 0 aliphatic carbocycles. The van der Waals surface area contributed by atoms with Crippen LogP contribution in [0.2, 0.25) is 0 Å². The molecular weight excluding hydrogens is 314 g/mol. The second kappa shape index (κ2) is 7.34. The van der Waals surface area contributed by atoms with Gasteiger partial charge in [-0.1, -0.05) is 18.6 Å². The first kappa shape index (κ1) is 16.9. The molecule has 3 atom stereocenters. The highest BCUT2D eigenvalue weighted by Gasteiger charge is 2.46. The van der Waals surface area contributed by atoms with Crippen molar-refractivity contribution in [2.45, 2.75) is 25.3 Å². The summed E-state index contributed by atoms with van der Waals surface area (Å²) in [7, 11) is 1.69. The lowest BCUT2D eigenvalue weighted by Gasteiger charge is -2.32. The van der Waals surface area contributed by atoms with Gasteiger partial charge in [0.05, 0.1) is 19.7 Å². The van der Waals surface area contributed by atoms with Crippen molar-refractivity contribution in [3.05, 3.63) is 29.8 Å². The summed E-state index contributed by atoms with van der Waals surface area (Å²) < 4.78 is 5.29. The SMILES string of the molecule is COc1ccc([C@H]2[C@H]3CNC[C@H]3CN2C(=O)CN2CCCCC2)cc1. The summed E-state index contributed by atoms with van der Waals surface area (Å²) in [5.41, 5.74) is 1.24. The molecule has 5 nitrogen and oxygen atoms in total. The van der Waals surface area contributed by atoms with Crippen molar-refractivity contribution < 1.29 is 9.53 Å². The van der Waals surface area contributed by atoms with Gasteiger partial charge in [0.1, 0.15) is 5.75 Å². The van der Waals surface area contributed by atoms with E-state index in [1.54, 1.807) is 7.11 Å². The number of hydrogen-bond acceptors (Lipinski definition) is 4. The predicted molar refractivity (Wildman–Crippen MR) is 97.6 cm³/mol. The van der Waals surface area contributed by atoms with Crippen molar-refractivity contribution in [1.29, 1.82) is 0 Å². The van der Waals surface area contributed by atoms with E-state index in [-0.39, 0.29) is 6.04 Å². The zero-order valence-electron chi connectivity index (χ0n) is 15.1. The Hall–Kier alpha value is -1.59. The minimum Gasteiger partial charge on any atom is -0.497 e. The molecule has 25 heavy (non-hydrogen) atoms. The van der Waals surface area contributed by atoms with Crippen LogP contribution in [0.5, 0.6) is 5.75 Å². The van der Waals surface area contributed by atoms with E-state index < -0.39 is 0 Å². The third-order valence-electron chi connectivity index (χ3n) is 6.15. The second-order valence-electron chi connectivity index (χ2n) is 7.68. The Morgan fingerprint density at radius 1 is 1.16 bits per heavy atom. The number of carbonyl (C=O) groups is 1. The molecule has 3 fully saturated rings. The van der Waals surface area contributed by atoms with Gasteiger partial charge in [-0.2, -0.15) is 0 Å². The molecule has 4 rings (SSSR count). The maximum absolute atomic E-state index is 13.1. The second-order valence-corrected chi connectivity index (χ2v) is 7.68. The molecule has 0 saturated carbocycles. The van der Waals surface area contributed by atoms with Crippen LogP contribution in [0.15, 0.2) is 24.3 Å². The summed E-state index contributed by atoms with van der Waals surface area (Å²) in [4.78, 5) is 17.6. The Balaban J connectivity index is 1.53. The minimum atomic E-state index is 0.197. The average molecular weight is 343 g/mol. The van der Waals surface area contributed by atoms with E-state index in [1.807, 2.05) is 12.1 Å². The molecule has 0 bridgehead atoms. The lowest BCUT2D eigenvalue weighted by molar-refractivity contribution is -0.134. The molecule has 3 saturated heterocycles. The molecule has 1 aromatic rings. The summed E-state index contributed by atoms with van der Waals surface area (Å²) in [6.07, 6.45) is 3.76. The van der Waals surface area contributed by atoms with Gasteiger partial charge in [0, 0.05) is 25.6 Å². The van der Waals surface area contributed by atoms with Crippen LogP contribution < -0.4 is 10.1 Å². The monoisotopic (exact) mass is 343 g/mol. The van der Waals surface area contributed by atoms with Gasteiger partial charge in [0.15, 0.2) is 0 Å². The predicted octanol–water partition coefficient (Wildman–Crippen LogP) is 1.90. The number of benzene rings is 1. The van der Waals surface area contributed by atoms with Gasteiger partial charge in [-0.3, -0.25) is 9.69 Å². The van der Waals surface area contributed by atoms with E-state index >= 15 is 0 Å². The van der Waals surface area contributed by atoms with Crippen LogP contribution in [-0.4, -0.2) is 62.1 Å². The number of nitrogens with zero attached hydrogens (tertiary/aromatic N) is 2. The Morgan fingerprint density at radius 2 is 1.92 bits per heavy atom. The quantitative estimate of drug-likeness (QED) is 0.907. The third kappa shape index (κ3) is 3.40. The number of carbonyl (C=O) groups excluding carboxylic acids is 1. The van der Waals surface area contributed by atoms with Crippen LogP contribution in [0, 0.1) is 11.8 Å². The zero-order chi connectivity index (χ0) is 17.2. The van der Waals surface area contributed by atoms with Gasteiger partial charge in [-0.05, 0) is 49.5 Å². The first-order valence-corrected chi connectivity index (χ1v) is 9.63. The number of piperidine rings is 1. The van der Waals surface area contributed by atoms with E-state index in [0.717, 1.165) is 38.5 Å². The molecule has 136 valence electrons. The molecule has 5 heteroatoms. The van der Waals surface area contributed by atoms with Gasteiger partial charge in [0.25, 0.3) is 0 Å². The first-order valence-electron chi connectivity index (χ1n) is 9.63. The molecule has 1 N–H and O–H groups in total. The molecule has 3 aliphatic rings. The number of hydrogen-bond donors (Lipinski definition) is 1. The summed E-state index contributed by atoms with van der Waals surface area (Å²) in [6, 6.07) is 8.48. The largest absolute Gasteiger partial charge is 0.497 e. The average Bonchev–Trinajstić information content (AvgIpc) is 3.24. The Kier molecular flexibility index (Phi) is 4.95. The van der Waals surface area contributed by atoms with Crippen LogP contribution in [0.1, 0.15) is 30.9 Å². The minimum absolute atomic E-state index is 0.197. The van der Waals surface area contributed by atoms with Crippen molar-refractivity contribution in [2.24, 2.45) is 11.8 Å². The van der Waals surface area contributed by atoms with Crippen molar-refractivity contribution in [3.8, 4) is 5.75 Å². The highest BCUT2D eigenvalue weighted by atomic mass is 16.5. The molecule has 0 spiro atoms. The standard InChI is InChI=1S/C20H29N3O2/c1-25-17-7-5-15(6-8-17)20-18-12-21-11-16(18)13-23(20)19(24)14-22-9-3-2-4-10-22/h5-8,16,18,20-21H,2-4,9-14H2,1H3/t16-,18-,20-/m0/s1. The maximum atomic E-state index is 13.1. The normalized spacial score (nSPS) is 29.6. The van der Waals surface area contributed by atoms with E-state index in [2.05, 4.69) is 27.2 Å². The number of likely N-dealkylation sites (tertiary alicyclic amines) is 2. The molecule has 3 heterocycles. The lowest BCUT2D eigenvalue weighted by Crippen LogP contribution is -2.43. The van der Waals surface area contributed by atoms with E-state index in [1.165, 1.54) is 24.8 Å². The Bertz CT molecular complexity index is 597. The van der Waals surface area contributed by atoms with Gasteiger partial charge in [-0.15, -0.1) is 0 Å². The Morgan fingerprint density at radius 3 is 2.64 bits per heavy atom. The zero-order valence-corrected chi connectivity index (χ0v) is 15.1. The number of methoxy groups -OCH3 is 1. The van der Waals surface area contributed by atoms with Gasteiger partial charge < -0.3 is 15.0 Å².